The summed E-state index contributed by atoms with van der Waals surface area (Å²) < 4.78 is 15.6. The van der Waals surface area contributed by atoms with Crippen LogP contribution in [0.5, 0.6) is 5.75 Å². The summed E-state index contributed by atoms with van der Waals surface area (Å²) in [4.78, 5) is 39.5. The van der Waals surface area contributed by atoms with Crippen LogP contribution in [0.1, 0.15) is 11.5 Å². The molecule has 0 unspecified atom stereocenters. The van der Waals surface area contributed by atoms with Crippen LogP contribution >= 0.6 is 0 Å². The Hall–Kier alpha value is -3.66. The first-order valence-electron chi connectivity index (χ1n) is 10.4. The molecule has 10 heteroatoms. The van der Waals surface area contributed by atoms with Crippen molar-refractivity contribution in [3.8, 4) is 5.75 Å². The SMILES string of the molecule is COC(=O)[C@H]1[C@@H](c2ccccc2)[C@@H]([N+](=O)[O-])[C@H]2[C@H](Nc3ccc(OC)cc3)[C@@H](OC)C(=O)N21. The van der Waals surface area contributed by atoms with Crippen LogP contribution in [0.3, 0.4) is 0 Å². The van der Waals surface area contributed by atoms with Crippen molar-refractivity contribution in [1.82, 2.24) is 4.90 Å². The van der Waals surface area contributed by atoms with Gasteiger partial charge in [0.05, 0.1) is 26.2 Å². The second-order valence-corrected chi connectivity index (χ2v) is 7.97. The number of hydrogen-bond donors (Lipinski definition) is 1. The molecule has 0 saturated carbocycles. The standard InChI is InChI=1S/C23H25N3O7/c1-31-15-11-9-14(10-12-15)24-17-20-18(26(29)30)16(13-7-5-4-6-8-13)19(23(28)33-3)25(20)22(27)21(17)32-2/h4-12,16-21,24H,1-3H3/t16-,17-,18+,19+,20+,21+/m0/s1. The Labute approximate surface area is 190 Å². The number of benzene rings is 2. The molecule has 0 radical (unpaired) electrons. The Morgan fingerprint density at radius 1 is 1.06 bits per heavy atom. The third-order valence-electron chi connectivity index (χ3n) is 6.42. The summed E-state index contributed by atoms with van der Waals surface area (Å²) in [6.45, 7) is 0. The number of fused-ring (bicyclic) bond motifs is 1. The molecule has 2 aromatic carbocycles. The Morgan fingerprint density at radius 3 is 2.27 bits per heavy atom. The van der Waals surface area contributed by atoms with Crippen molar-refractivity contribution in [2.45, 2.75) is 36.2 Å². The fourth-order valence-corrected chi connectivity index (χ4v) is 5.05. The number of rotatable bonds is 7. The van der Waals surface area contributed by atoms with Crippen molar-refractivity contribution in [3.05, 3.63) is 70.3 Å². The fourth-order valence-electron chi connectivity index (χ4n) is 5.05. The lowest BCUT2D eigenvalue weighted by atomic mass is 9.84. The first-order chi connectivity index (χ1) is 15.9. The molecule has 6 atom stereocenters. The highest BCUT2D eigenvalue weighted by Gasteiger charge is 2.69. The number of hydrogen-bond acceptors (Lipinski definition) is 8. The molecular weight excluding hydrogens is 430 g/mol. The van der Waals surface area contributed by atoms with Crippen LogP contribution in [0.25, 0.3) is 0 Å². The number of carbonyl (C=O) groups is 2. The van der Waals surface area contributed by atoms with Gasteiger partial charge in [-0.25, -0.2) is 4.79 Å². The maximum Gasteiger partial charge on any atom is 0.329 e. The van der Waals surface area contributed by atoms with Crippen molar-refractivity contribution in [2.24, 2.45) is 0 Å². The molecule has 0 aliphatic carbocycles. The molecule has 4 rings (SSSR count). The van der Waals surface area contributed by atoms with Crippen molar-refractivity contribution >= 4 is 17.6 Å². The Balaban J connectivity index is 1.80. The quantitative estimate of drug-likeness (QED) is 0.380. The highest BCUT2D eigenvalue weighted by Crippen LogP contribution is 2.46. The van der Waals surface area contributed by atoms with Gasteiger partial charge in [0.15, 0.2) is 6.10 Å². The van der Waals surface area contributed by atoms with Crippen molar-refractivity contribution in [2.75, 3.05) is 26.6 Å². The van der Waals surface area contributed by atoms with E-state index in [9.17, 15) is 19.7 Å². The second kappa shape index (κ2) is 9.07. The molecule has 33 heavy (non-hydrogen) atoms. The maximum absolute atomic E-state index is 13.4. The molecule has 0 spiro atoms. The van der Waals surface area contributed by atoms with Gasteiger partial charge in [-0.05, 0) is 29.8 Å². The summed E-state index contributed by atoms with van der Waals surface area (Å²) in [5.74, 6) is -1.42. The van der Waals surface area contributed by atoms with Gasteiger partial charge < -0.3 is 24.4 Å². The number of nitro groups is 1. The highest BCUT2D eigenvalue weighted by molar-refractivity contribution is 5.92. The molecule has 1 N–H and O–H groups in total. The zero-order valence-corrected chi connectivity index (χ0v) is 18.4. The normalized spacial score (nSPS) is 28.3. The monoisotopic (exact) mass is 455 g/mol. The van der Waals surface area contributed by atoms with E-state index in [0.29, 0.717) is 17.0 Å². The third-order valence-corrected chi connectivity index (χ3v) is 6.42. The summed E-state index contributed by atoms with van der Waals surface area (Å²) in [5, 5.41) is 15.6. The van der Waals surface area contributed by atoms with Gasteiger partial charge >= 0.3 is 5.97 Å². The highest BCUT2D eigenvalue weighted by atomic mass is 16.6. The van der Waals surface area contributed by atoms with Crippen molar-refractivity contribution < 1.29 is 28.7 Å². The first-order valence-corrected chi connectivity index (χ1v) is 10.4. The fraction of sp³-hybridized carbons (Fsp3) is 0.391. The molecule has 2 fully saturated rings. The number of anilines is 1. The van der Waals surface area contributed by atoms with E-state index in [1.54, 1.807) is 61.7 Å². The number of carbonyl (C=O) groups excluding carboxylic acids is 2. The average molecular weight is 455 g/mol. The zero-order valence-electron chi connectivity index (χ0n) is 18.4. The van der Waals surface area contributed by atoms with Crippen LogP contribution < -0.4 is 10.1 Å². The van der Waals surface area contributed by atoms with Crippen LogP contribution in [-0.4, -0.2) is 73.3 Å². The van der Waals surface area contributed by atoms with Crippen LogP contribution in [0, 0.1) is 10.1 Å². The lowest BCUT2D eigenvalue weighted by molar-refractivity contribution is -0.527. The molecule has 174 valence electrons. The number of methoxy groups -OCH3 is 3. The minimum absolute atomic E-state index is 0.410. The first kappa shape index (κ1) is 22.5. The van der Waals surface area contributed by atoms with Crippen LogP contribution in [0.2, 0.25) is 0 Å². The van der Waals surface area contributed by atoms with Gasteiger partial charge in [0.1, 0.15) is 17.8 Å². The number of ether oxygens (including phenoxy) is 3. The third kappa shape index (κ3) is 3.76. The molecule has 2 heterocycles. The summed E-state index contributed by atoms with van der Waals surface area (Å²) in [6, 6.07) is 11.6. The smallest absolute Gasteiger partial charge is 0.329 e. The molecule has 0 aromatic heterocycles. The van der Waals surface area contributed by atoms with E-state index in [1.807, 2.05) is 0 Å². The molecule has 0 bridgehead atoms. The summed E-state index contributed by atoms with van der Waals surface area (Å²) in [6.07, 6.45) is -1.01. The van der Waals surface area contributed by atoms with Gasteiger partial charge in [-0.3, -0.25) is 14.9 Å². The number of amides is 1. The van der Waals surface area contributed by atoms with E-state index in [4.69, 9.17) is 14.2 Å². The number of esters is 1. The van der Waals surface area contributed by atoms with Crippen LogP contribution in [-0.2, 0) is 19.1 Å². The number of nitrogens with zero attached hydrogens (tertiary/aromatic N) is 2. The average Bonchev–Trinajstić information content (AvgIpc) is 3.32. The van der Waals surface area contributed by atoms with Crippen molar-refractivity contribution in [3.63, 3.8) is 0 Å². The predicted octanol–water partition coefficient (Wildman–Crippen LogP) is 1.69. The van der Waals surface area contributed by atoms with Gasteiger partial charge in [-0.2, -0.15) is 0 Å². The van der Waals surface area contributed by atoms with Crippen LogP contribution in [0.15, 0.2) is 54.6 Å². The van der Waals surface area contributed by atoms with E-state index >= 15 is 0 Å². The maximum atomic E-state index is 13.4. The van der Waals surface area contributed by atoms with Crippen molar-refractivity contribution in [1.29, 1.82) is 0 Å². The summed E-state index contributed by atoms with van der Waals surface area (Å²) >= 11 is 0. The lowest BCUT2D eigenvalue weighted by Gasteiger charge is -2.26. The predicted molar refractivity (Wildman–Crippen MR) is 118 cm³/mol. The topological polar surface area (TPSA) is 120 Å². The Bertz CT molecular complexity index is 1030. The zero-order chi connectivity index (χ0) is 23.7. The van der Waals surface area contributed by atoms with E-state index in [2.05, 4.69) is 5.32 Å². The second-order valence-electron chi connectivity index (χ2n) is 7.97. The van der Waals surface area contributed by atoms with Gasteiger partial charge in [-0.1, -0.05) is 30.3 Å². The van der Waals surface area contributed by atoms with Gasteiger partial charge in [0.25, 0.3) is 5.91 Å². The lowest BCUT2D eigenvalue weighted by Crippen LogP contribution is -2.48. The van der Waals surface area contributed by atoms with Gasteiger partial charge in [0, 0.05) is 17.7 Å². The molecule has 1 amide bonds. The number of nitrogens with one attached hydrogen (secondary N) is 1. The van der Waals surface area contributed by atoms with E-state index in [-0.39, 0.29) is 0 Å². The molecule has 2 aromatic rings. The van der Waals surface area contributed by atoms with E-state index in [0.717, 1.165) is 0 Å². The molecule has 2 aliphatic rings. The van der Waals surface area contributed by atoms with Crippen LogP contribution in [0.4, 0.5) is 5.69 Å². The molecule has 2 aliphatic heterocycles. The summed E-state index contributed by atoms with van der Waals surface area (Å²) in [7, 11) is 4.13. The minimum atomic E-state index is -1.25. The van der Waals surface area contributed by atoms with E-state index in [1.165, 1.54) is 19.1 Å². The van der Waals surface area contributed by atoms with E-state index < -0.39 is 53.0 Å². The van der Waals surface area contributed by atoms with Gasteiger partial charge in [-0.15, -0.1) is 0 Å². The minimum Gasteiger partial charge on any atom is -0.497 e. The molecule has 2 saturated heterocycles. The molecule has 10 nitrogen and oxygen atoms in total. The largest absolute Gasteiger partial charge is 0.497 e. The Kier molecular flexibility index (Phi) is 6.19. The Morgan fingerprint density at radius 2 is 1.73 bits per heavy atom. The summed E-state index contributed by atoms with van der Waals surface area (Å²) in [5.41, 5.74) is 1.23. The molecular formula is C23H25N3O7. The van der Waals surface area contributed by atoms with Gasteiger partial charge in [0.2, 0.25) is 6.04 Å².